The summed E-state index contributed by atoms with van der Waals surface area (Å²) in [5, 5.41) is 16.3. The van der Waals surface area contributed by atoms with Crippen molar-refractivity contribution in [3.8, 4) is 28.4 Å². The van der Waals surface area contributed by atoms with Crippen LogP contribution >= 0.6 is 0 Å². The molecular formula is C13H9F2N3O. The third-order valence-electron chi connectivity index (χ3n) is 2.86. The van der Waals surface area contributed by atoms with Crippen LogP contribution in [0.25, 0.3) is 22.6 Å². The van der Waals surface area contributed by atoms with Crippen molar-refractivity contribution in [1.82, 2.24) is 15.2 Å². The predicted octanol–water partition coefficient (Wildman–Crippen LogP) is 3.22. The summed E-state index contributed by atoms with van der Waals surface area (Å²) in [6.45, 7) is 0. The van der Waals surface area contributed by atoms with Gasteiger partial charge in [0.15, 0.2) is 0 Å². The van der Waals surface area contributed by atoms with Crippen LogP contribution in [0.2, 0.25) is 0 Å². The lowest BCUT2D eigenvalue weighted by Crippen LogP contribution is -1.95. The minimum Gasteiger partial charge on any atom is -0.507 e. The fourth-order valence-electron chi connectivity index (χ4n) is 1.92. The highest BCUT2D eigenvalue weighted by Crippen LogP contribution is 2.34. The molecule has 1 aromatic rings. The molecule has 0 spiro atoms. The molecule has 96 valence electrons. The van der Waals surface area contributed by atoms with Crippen LogP contribution in [-0.2, 0) is 0 Å². The highest BCUT2D eigenvalue weighted by Gasteiger charge is 2.20. The Labute approximate surface area is 107 Å². The Morgan fingerprint density at radius 1 is 1.16 bits per heavy atom. The summed E-state index contributed by atoms with van der Waals surface area (Å²) in [7, 11) is 0. The first-order chi connectivity index (χ1) is 9.16. The lowest BCUT2D eigenvalue weighted by Gasteiger charge is -2.06. The summed E-state index contributed by atoms with van der Waals surface area (Å²) in [6, 6.07) is 8.23. The van der Waals surface area contributed by atoms with Crippen LogP contribution in [0.5, 0.6) is 5.75 Å². The average Bonchev–Trinajstić information content (AvgIpc) is 2.82. The molecule has 6 heteroatoms. The molecule has 0 aliphatic carbocycles. The number of fused-ring (bicyclic) bond motifs is 1. The summed E-state index contributed by atoms with van der Waals surface area (Å²) in [4.78, 5) is 3.92. The zero-order valence-electron chi connectivity index (χ0n) is 9.64. The van der Waals surface area contributed by atoms with Gasteiger partial charge >= 0.3 is 0 Å². The number of hydrogen-bond acceptors (Lipinski definition) is 3. The average molecular weight is 261 g/mol. The molecule has 0 amide bonds. The number of benzene rings is 1. The number of aromatic nitrogens is 3. The first-order valence-electron chi connectivity index (χ1n) is 5.57. The molecule has 0 fully saturated rings. The zero-order chi connectivity index (χ0) is 13.4. The summed E-state index contributed by atoms with van der Waals surface area (Å²) in [5.41, 5.74) is 1.40. The van der Waals surface area contributed by atoms with Crippen LogP contribution in [0.4, 0.5) is 8.78 Å². The number of halogens is 2. The van der Waals surface area contributed by atoms with E-state index in [1.807, 2.05) is 0 Å². The van der Waals surface area contributed by atoms with Gasteiger partial charge in [-0.1, -0.05) is 12.1 Å². The Morgan fingerprint density at radius 2 is 1.95 bits per heavy atom. The van der Waals surface area contributed by atoms with Gasteiger partial charge in [0, 0.05) is 11.8 Å². The molecule has 2 aliphatic rings. The smallest absolute Gasteiger partial charge is 0.267 e. The standard InChI is InChI=1S/C13H9F2N3O/c14-13(15)8-6-16-10-5-9(17-18-12(8)10)7-3-1-2-4-11(7)19/h1-6,13,18-19H. The molecule has 19 heavy (non-hydrogen) atoms. The van der Waals surface area contributed by atoms with Gasteiger partial charge in [-0.05, 0) is 18.2 Å². The second kappa shape index (κ2) is 4.31. The van der Waals surface area contributed by atoms with E-state index in [9.17, 15) is 13.9 Å². The number of rotatable bonds is 2. The van der Waals surface area contributed by atoms with Crippen molar-refractivity contribution >= 4 is 0 Å². The molecule has 2 aliphatic heterocycles. The van der Waals surface area contributed by atoms with E-state index in [-0.39, 0.29) is 17.0 Å². The van der Waals surface area contributed by atoms with Crippen LogP contribution in [0.1, 0.15) is 12.0 Å². The van der Waals surface area contributed by atoms with Gasteiger partial charge in [0.1, 0.15) is 5.75 Å². The molecule has 1 aromatic carbocycles. The van der Waals surface area contributed by atoms with E-state index in [2.05, 4.69) is 15.2 Å². The van der Waals surface area contributed by atoms with E-state index in [0.29, 0.717) is 17.0 Å². The Kier molecular flexibility index (Phi) is 2.63. The lowest BCUT2D eigenvalue weighted by atomic mass is 10.1. The highest BCUT2D eigenvalue weighted by molar-refractivity contribution is 5.72. The number of alkyl halides is 2. The highest BCUT2D eigenvalue weighted by atomic mass is 19.3. The van der Waals surface area contributed by atoms with Gasteiger partial charge < -0.3 is 5.11 Å². The number of nitrogens with zero attached hydrogens (tertiary/aromatic N) is 2. The lowest BCUT2D eigenvalue weighted by molar-refractivity contribution is 0.152. The molecule has 0 atom stereocenters. The van der Waals surface area contributed by atoms with Crippen molar-refractivity contribution in [2.45, 2.75) is 6.43 Å². The quantitative estimate of drug-likeness (QED) is 0.744. The van der Waals surface area contributed by atoms with Crippen LogP contribution in [0.3, 0.4) is 0 Å². The minimum atomic E-state index is -2.60. The Hall–Kier alpha value is -2.50. The first kappa shape index (κ1) is 11.6. The van der Waals surface area contributed by atoms with Crippen molar-refractivity contribution in [3.63, 3.8) is 0 Å². The van der Waals surface area contributed by atoms with Gasteiger partial charge in [0.2, 0.25) is 0 Å². The van der Waals surface area contributed by atoms with Crippen molar-refractivity contribution in [3.05, 3.63) is 42.1 Å². The molecule has 0 radical (unpaired) electrons. The predicted molar refractivity (Wildman–Crippen MR) is 65.1 cm³/mol. The molecule has 0 unspecified atom stereocenters. The van der Waals surface area contributed by atoms with E-state index in [4.69, 9.17) is 0 Å². The normalized spacial score (nSPS) is 11.3. The van der Waals surface area contributed by atoms with Crippen LogP contribution < -0.4 is 0 Å². The number of nitrogens with one attached hydrogen (secondary N) is 1. The van der Waals surface area contributed by atoms with Crippen LogP contribution in [0.15, 0.2) is 36.5 Å². The van der Waals surface area contributed by atoms with Crippen molar-refractivity contribution < 1.29 is 13.9 Å². The topological polar surface area (TPSA) is 61.8 Å². The van der Waals surface area contributed by atoms with Gasteiger partial charge in [-0.3, -0.25) is 10.1 Å². The molecule has 4 nitrogen and oxygen atoms in total. The zero-order valence-corrected chi connectivity index (χ0v) is 9.64. The second-order valence-corrected chi connectivity index (χ2v) is 4.04. The van der Waals surface area contributed by atoms with Gasteiger partial charge in [-0.25, -0.2) is 8.78 Å². The summed E-state index contributed by atoms with van der Waals surface area (Å²) >= 11 is 0. The van der Waals surface area contributed by atoms with E-state index in [1.165, 1.54) is 6.07 Å². The van der Waals surface area contributed by atoms with E-state index in [1.54, 1.807) is 24.3 Å². The number of phenols is 1. The molecule has 0 saturated heterocycles. The maximum atomic E-state index is 12.7. The third-order valence-corrected chi connectivity index (χ3v) is 2.86. The van der Waals surface area contributed by atoms with Gasteiger partial charge in [-0.2, -0.15) is 5.10 Å². The van der Waals surface area contributed by atoms with Crippen molar-refractivity contribution in [2.24, 2.45) is 0 Å². The molecule has 2 N–H and O–H groups in total. The summed E-state index contributed by atoms with van der Waals surface area (Å²) < 4.78 is 25.4. The third kappa shape index (κ3) is 1.91. The van der Waals surface area contributed by atoms with Crippen molar-refractivity contribution in [1.29, 1.82) is 0 Å². The summed E-state index contributed by atoms with van der Waals surface area (Å²) in [6.07, 6.45) is -1.47. The van der Waals surface area contributed by atoms with Gasteiger partial charge in [0.05, 0.1) is 22.6 Å². The number of aromatic amines is 1. The SMILES string of the molecule is Oc1ccccc1-c1cc2ncc(C(F)F)c-2[nH]n1. The second-order valence-electron chi connectivity index (χ2n) is 4.04. The number of para-hydroxylation sites is 1. The van der Waals surface area contributed by atoms with Gasteiger partial charge in [0.25, 0.3) is 6.43 Å². The molecule has 3 rings (SSSR count). The fourth-order valence-corrected chi connectivity index (χ4v) is 1.92. The maximum absolute atomic E-state index is 12.7. The number of phenolic OH excluding ortho intramolecular Hbond substituents is 1. The van der Waals surface area contributed by atoms with E-state index in [0.717, 1.165) is 6.20 Å². The van der Waals surface area contributed by atoms with E-state index < -0.39 is 6.43 Å². The first-order valence-corrected chi connectivity index (χ1v) is 5.57. The number of hydrogen-bond donors (Lipinski definition) is 2. The van der Waals surface area contributed by atoms with Crippen LogP contribution in [0, 0.1) is 0 Å². The minimum absolute atomic E-state index is 0.0726. The van der Waals surface area contributed by atoms with Crippen LogP contribution in [-0.4, -0.2) is 20.3 Å². The Bertz CT molecular complexity index is 696. The maximum Gasteiger partial charge on any atom is 0.267 e. The fraction of sp³-hybridized carbons (Fsp3) is 0.0769. The molecular weight excluding hydrogens is 252 g/mol. The Morgan fingerprint density at radius 3 is 2.68 bits per heavy atom. The molecule has 0 aromatic heterocycles. The monoisotopic (exact) mass is 261 g/mol. The molecule has 2 heterocycles. The number of aromatic hydroxyl groups is 1. The summed E-state index contributed by atoms with van der Waals surface area (Å²) in [5.74, 6) is 0.0726. The molecule has 0 bridgehead atoms. The van der Waals surface area contributed by atoms with E-state index >= 15 is 0 Å². The largest absolute Gasteiger partial charge is 0.507 e. The van der Waals surface area contributed by atoms with Crippen molar-refractivity contribution in [2.75, 3.05) is 0 Å². The molecule has 0 saturated carbocycles. The number of H-pyrrole nitrogens is 1. The van der Waals surface area contributed by atoms with Gasteiger partial charge in [-0.15, -0.1) is 0 Å². The Balaban J connectivity index is 2.13.